The third-order valence-corrected chi connectivity index (χ3v) is 4.22. The summed E-state index contributed by atoms with van der Waals surface area (Å²) in [7, 11) is 0.651. The van der Waals surface area contributed by atoms with Crippen LogP contribution in [0.4, 0.5) is 5.69 Å². The van der Waals surface area contributed by atoms with Crippen molar-refractivity contribution in [2.75, 3.05) is 20.5 Å². The molecule has 1 aliphatic rings. The fourth-order valence-corrected chi connectivity index (χ4v) is 3.20. The van der Waals surface area contributed by atoms with Gasteiger partial charge in [0.1, 0.15) is 5.84 Å². The molecule has 100 valence electrons. The Labute approximate surface area is 113 Å². The number of halogens is 1. The Morgan fingerprint density at radius 1 is 1.17 bits per heavy atom. The van der Waals surface area contributed by atoms with Crippen LogP contribution in [-0.4, -0.2) is 30.5 Å². The standard InChI is InChI=1S/C11H14N2O3S.ClH/c1-7-12-8-5-9(15-2)10(16-3)6-11(8)17(4,14)13-7;/h5-6H,1-4H3;1H. The molecule has 2 rings (SSSR count). The summed E-state index contributed by atoms with van der Waals surface area (Å²) in [5.74, 6) is 1.61. The number of amidine groups is 1. The van der Waals surface area contributed by atoms with Crippen LogP contribution in [0.25, 0.3) is 0 Å². The second-order valence-electron chi connectivity index (χ2n) is 3.73. The van der Waals surface area contributed by atoms with Gasteiger partial charge in [-0.2, -0.15) is 4.36 Å². The third-order valence-electron chi connectivity index (χ3n) is 2.46. The zero-order valence-electron chi connectivity index (χ0n) is 10.6. The molecule has 0 saturated carbocycles. The van der Waals surface area contributed by atoms with E-state index < -0.39 is 9.73 Å². The van der Waals surface area contributed by atoms with Gasteiger partial charge in [-0.15, -0.1) is 12.4 Å². The van der Waals surface area contributed by atoms with E-state index in [-0.39, 0.29) is 12.4 Å². The molecule has 1 heterocycles. The number of benzene rings is 1. The molecule has 0 bridgehead atoms. The highest BCUT2D eigenvalue weighted by Gasteiger charge is 2.20. The lowest BCUT2D eigenvalue weighted by Gasteiger charge is -2.16. The lowest BCUT2D eigenvalue weighted by molar-refractivity contribution is 0.354. The summed E-state index contributed by atoms with van der Waals surface area (Å²) in [5.41, 5.74) is 0.627. The molecule has 0 N–H and O–H groups in total. The average molecular weight is 291 g/mol. The monoisotopic (exact) mass is 290 g/mol. The SMILES string of the molecule is COc1cc2c(cc1OC)S(C)(=O)=NC(C)=N2.Cl. The maximum Gasteiger partial charge on any atom is 0.162 e. The highest BCUT2D eigenvalue weighted by molar-refractivity contribution is 7.93. The number of hydrogen-bond donors (Lipinski definition) is 0. The van der Waals surface area contributed by atoms with Crippen molar-refractivity contribution in [2.24, 2.45) is 9.36 Å². The van der Waals surface area contributed by atoms with Gasteiger partial charge >= 0.3 is 0 Å². The zero-order chi connectivity index (χ0) is 12.6. The molecule has 1 aliphatic heterocycles. The van der Waals surface area contributed by atoms with E-state index in [1.165, 1.54) is 7.11 Å². The van der Waals surface area contributed by atoms with Crippen molar-refractivity contribution in [3.8, 4) is 11.5 Å². The Kier molecular flexibility index (Phi) is 4.24. The van der Waals surface area contributed by atoms with Crippen LogP contribution in [0.2, 0.25) is 0 Å². The number of hydrogen-bond acceptors (Lipinski definition) is 5. The summed E-state index contributed by atoms with van der Waals surface area (Å²) in [4.78, 5) is 4.84. The van der Waals surface area contributed by atoms with Crippen LogP contribution < -0.4 is 9.47 Å². The first-order valence-electron chi connectivity index (χ1n) is 5.01. The Morgan fingerprint density at radius 3 is 2.28 bits per heavy atom. The summed E-state index contributed by atoms with van der Waals surface area (Å²) in [6.07, 6.45) is 1.59. The quantitative estimate of drug-likeness (QED) is 0.841. The smallest absolute Gasteiger partial charge is 0.162 e. The molecule has 1 atom stereocenters. The van der Waals surface area contributed by atoms with Gasteiger partial charge in [-0.3, -0.25) is 0 Å². The maximum absolute atomic E-state index is 12.4. The predicted octanol–water partition coefficient (Wildman–Crippen LogP) is 2.65. The number of ether oxygens (including phenoxy) is 2. The van der Waals surface area contributed by atoms with Crippen molar-refractivity contribution in [2.45, 2.75) is 11.8 Å². The zero-order valence-corrected chi connectivity index (χ0v) is 12.2. The molecule has 0 spiro atoms. The molecule has 1 aromatic carbocycles. The van der Waals surface area contributed by atoms with Crippen LogP contribution in [0.15, 0.2) is 26.4 Å². The van der Waals surface area contributed by atoms with Gasteiger partial charge in [0.15, 0.2) is 11.5 Å². The molecule has 1 aromatic rings. The van der Waals surface area contributed by atoms with Crippen LogP contribution in [-0.2, 0) is 9.73 Å². The summed E-state index contributed by atoms with van der Waals surface area (Å²) in [6, 6.07) is 3.39. The molecule has 5 nitrogen and oxygen atoms in total. The molecular weight excluding hydrogens is 276 g/mol. The van der Waals surface area contributed by atoms with E-state index in [1.807, 2.05) is 0 Å². The van der Waals surface area contributed by atoms with Crippen molar-refractivity contribution < 1.29 is 13.7 Å². The van der Waals surface area contributed by atoms with Crippen molar-refractivity contribution in [1.82, 2.24) is 0 Å². The number of nitrogens with zero attached hydrogens (tertiary/aromatic N) is 2. The van der Waals surface area contributed by atoms with E-state index in [0.717, 1.165) is 0 Å². The Morgan fingerprint density at radius 2 is 1.72 bits per heavy atom. The predicted molar refractivity (Wildman–Crippen MR) is 74.3 cm³/mol. The molecular formula is C11H15ClN2O3S. The van der Waals surface area contributed by atoms with Crippen LogP contribution in [0.5, 0.6) is 11.5 Å². The van der Waals surface area contributed by atoms with E-state index in [0.29, 0.717) is 27.9 Å². The molecule has 0 radical (unpaired) electrons. The van der Waals surface area contributed by atoms with Gasteiger partial charge in [0.2, 0.25) is 0 Å². The summed E-state index contributed by atoms with van der Waals surface area (Å²) in [6.45, 7) is 1.72. The van der Waals surface area contributed by atoms with Gasteiger partial charge in [-0.25, -0.2) is 9.20 Å². The number of rotatable bonds is 2. The van der Waals surface area contributed by atoms with Crippen molar-refractivity contribution in [1.29, 1.82) is 0 Å². The highest BCUT2D eigenvalue weighted by Crippen LogP contribution is 2.39. The first-order chi connectivity index (χ1) is 7.97. The lowest BCUT2D eigenvalue weighted by Crippen LogP contribution is -2.07. The van der Waals surface area contributed by atoms with Crippen LogP contribution in [0.3, 0.4) is 0 Å². The molecule has 7 heteroatoms. The lowest BCUT2D eigenvalue weighted by atomic mass is 10.2. The van der Waals surface area contributed by atoms with Crippen LogP contribution in [0.1, 0.15) is 6.92 Å². The van der Waals surface area contributed by atoms with Crippen LogP contribution in [0, 0.1) is 0 Å². The van der Waals surface area contributed by atoms with Crippen molar-refractivity contribution >= 4 is 33.7 Å². The Bertz CT molecular complexity index is 619. The first-order valence-corrected chi connectivity index (χ1v) is 6.94. The fourth-order valence-electron chi connectivity index (χ4n) is 1.74. The van der Waals surface area contributed by atoms with Crippen molar-refractivity contribution in [3.05, 3.63) is 12.1 Å². The summed E-state index contributed by atoms with van der Waals surface area (Å²) >= 11 is 0. The average Bonchev–Trinajstić information content (AvgIpc) is 2.26. The number of methoxy groups -OCH3 is 2. The van der Waals surface area contributed by atoms with E-state index in [4.69, 9.17) is 9.47 Å². The van der Waals surface area contributed by atoms with E-state index in [9.17, 15) is 4.21 Å². The van der Waals surface area contributed by atoms with Gasteiger partial charge in [0.05, 0.1) is 34.5 Å². The molecule has 0 aromatic heterocycles. The second kappa shape index (κ2) is 5.16. The highest BCUT2D eigenvalue weighted by atomic mass is 35.5. The molecule has 18 heavy (non-hydrogen) atoms. The number of fused-ring (bicyclic) bond motifs is 1. The molecule has 0 aliphatic carbocycles. The molecule has 0 amide bonds. The van der Waals surface area contributed by atoms with E-state index >= 15 is 0 Å². The summed E-state index contributed by atoms with van der Waals surface area (Å²) < 4.78 is 26.8. The second-order valence-corrected chi connectivity index (χ2v) is 5.96. The minimum Gasteiger partial charge on any atom is -0.493 e. The van der Waals surface area contributed by atoms with E-state index in [2.05, 4.69) is 9.36 Å². The fraction of sp³-hybridized carbons (Fsp3) is 0.364. The van der Waals surface area contributed by atoms with Gasteiger partial charge in [0.25, 0.3) is 0 Å². The molecule has 0 saturated heterocycles. The Balaban J connectivity index is 0.00000162. The normalized spacial score (nSPS) is 21.0. The third kappa shape index (κ3) is 2.44. The van der Waals surface area contributed by atoms with Crippen LogP contribution >= 0.6 is 12.4 Å². The molecule has 0 fully saturated rings. The minimum absolute atomic E-state index is 0. The number of aliphatic imine (C=N–C) groups is 1. The minimum atomic E-state index is -2.44. The van der Waals surface area contributed by atoms with Gasteiger partial charge in [0, 0.05) is 18.4 Å². The first kappa shape index (κ1) is 14.8. The maximum atomic E-state index is 12.4. The van der Waals surface area contributed by atoms with Gasteiger partial charge in [-0.05, 0) is 6.92 Å². The topological polar surface area (TPSA) is 60.2 Å². The van der Waals surface area contributed by atoms with Crippen molar-refractivity contribution in [3.63, 3.8) is 0 Å². The summed E-state index contributed by atoms with van der Waals surface area (Å²) in [5, 5.41) is 0. The Hall–Kier alpha value is -1.27. The van der Waals surface area contributed by atoms with Gasteiger partial charge < -0.3 is 9.47 Å². The molecule has 1 unspecified atom stereocenters. The van der Waals surface area contributed by atoms with Gasteiger partial charge in [-0.1, -0.05) is 0 Å². The van der Waals surface area contributed by atoms with E-state index in [1.54, 1.807) is 32.4 Å². The largest absolute Gasteiger partial charge is 0.493 e.